The lowest BCUT2D eigenvalue weighted by Crippen LogP contribution is -2.51. The Hall–Kier alpha value is -1.62. The fourth-order valence-corrected chi connectivity index (χ4v) is 1.92. The molecule has 3 N–H and O–H groups in total. The summed E-state index contributed by atoms with van der Waals surface area (Å²) in [7, 11) is 0. The maximum Gasteiger partial charge on any atom is 0.253 e. The standard InChI is InChI=1S/C12H17N3O2/c1-12(5-2-6-17-8-12)15-11(16)9-3-4-10(13)14-7-9/h3-4,7H,2,5-6,8H2,1H3,(H2,13,14)(H,15,16). The van der Waals surface area contributed by atoms with E-state index in [0.29, 0.717) is 18.0 Å². The van der Waals surface area contributed by atoms with Gasteiger partial charge in [-0.3, -0.25) is 4.79 Å². The van der Waals surface area contributed by atoms with Crippen LogP contribution < -0.4 is 11.1 Å². The molecule has 17 heavy (non-hydrogen) atoms. The number of hydrogen-bond acceptors (Lipinski definition) is 4. The molecule has 0 bridgehead atoms. The van der Waals surface area contributed by atoms with E-state index in [-0.39, 0.29) is 11.4 Å². The van der Waals surface area contributed by atoms with E-state index in [1.54, 1.807) is 12.1 Å². The van der Waals surface area contributed by atoms with Gasteiger partial charge in [0.15, 0.2) is 0 Å². The SMILES string of the molecule is CC1(NC(=O)c2ccc(N)nc2)CCCOC1. The molecule has 0 aliphatic carbocycles. The van der Waals surface area contributed by atoms with Crippen LogP contribution >= 0.6 is 0 Å². The van der Waals surface area contributed by atoms with Gasteiger partial charge >= 0.3 is 0 Å². The van der Waals surface area contributed by atoms with Gasteiger partial charge in [-0.05, 0) is 31.9 Å². The molecule has 1 amide bonds. The van der Waals surface area contributed by atoms with Gasteiger partial charge in [-0.1, -0.05) is 0 Å². The Kier molecular flexibility index (Phi) is 3.28. The van der Waals surface area contributed by atoms with E-state index in [1.807, 2.05) is 6.92 Å². The van der Waals surface area contributed by atoms with Crippen LogP contribution in [0.15, 0.2) is 18.3 Å². The molecule has 1 atom stereocenters. The van der Waals surface area contributed by atoms with Gasteiger partial charge in [-0.2, -0.15) is 0 Å². The zero-order chi connectivity index (χ0) is 12.3. The Labute approximate surface area is 100 Å². The van der Waals surface area contributed by atoms with E-state index in [9.17, 15) is 4.79 Å². The van der Waals surface area contributed by atoms with Gasteiger partial charge in [0.1, 0.15) is 5.82 Å². The van der Waals surface area contributed by atoms with Gasteiger partial charge < -0.3 is 15.8 Å². The lowest BCUT2D eigenvalue weighted by Gasteiger charge is -2.34. The average molecular weight is 235 g/mol. The first-order valence-corrected chi connectivity index (χ1v) is 5.71. The fourth-order valence-electron chi connectivity index (χ4n) is 1.92. The van der Waals surface area contributed by atoms with Gasteiger partial charge in [0.25, 0.3) is 5.91 Å². The third-order valence-corrected chi connectivity index (χ3v) is 2.90. The summed E-state index contributed by atoms with van der Waals surface area (Å²) >= 11 is 0. The molecule has 5 nitrogen and oxygen atoms in total. The molecule has 1 aromatic rings. The third kappa shape index (κ3) is 2.94. The molecule has 1 unspecified atom stereocenters. The van der Waals surface area contributed by atoms with Gasteiger partial charge in [-0.15, -0.1) is 0 Å². The van der Waals surface area contributed by atoms with Crippen molar-refractivity contribution in [2.45, 2.75) is 25.3 Å². The lowest BCUT2D eigenvalue weighted by molar-refractivity contribution is 0.0272. The van der Waals surface area contributed by atoms with Crippen molar-refractivity contribution in [3.05, 3.63) is 23.9 Å². The number of pyridine rings is 1. The molecule has 0 radical (unpaired) electrons. The summed E-state index contributed by atoms with van der Waals surface area (Å²) in [6.07, 6.45) is 3.38. The van der Waals surface area contributed by atoms with Crippen molar-refractivity contribution in [2.75, 3.05) is 18.9 Å². The third-order valence-electron chi connectivity index (χ3n) is 2.90. The van der Waals surface area contributed by atoms with E-state index in [1.165, 1.54) is 6.20 Å². The monoisotopic (exact) mass is 235 g/mol. The number of ether oxygens (including phenoxy) is 1. The Morgan fingerprint density at radius 3 is 3.00 bits per heavy atom. The summed E-state index contributed by atoms with van der Waals surface area (Å²) in [5.74, 6) is 0.277. The first kappa shape index (κ1) is 11.9. The summed E-state index contributed by atoms with van der Waals surface area (Å²) in [5, 5.41) is 2.99. The van der Waals surface area contributed by atoms with E-state index >= 15 is 0 Å². The number of nitrogens with one attached hydrogen (secondary N) is 1. The highest BCUT2D eigenvalue weighted by molar-refractivity contribution is 5.94. The number of nitrogen functional groups attached to an aromatic ring is 1. The van der Waals surface area contributed by atoms with Crippen LogP contribution in [0.2, 0.25) is 0 Å². The number of carbonyl (C=O) groups is 1. The number of aromatic nitrogens is 1. The van der Waals surface area contributed by atoms with Crippen LogP contribution in [0.5, 0.6) is 0 Å². The van der Waals surface area contributed by atoms with E-state index in [4.69, 9.17) is 10.5 Å². The Morgan fingerprint density at radius 2 is 2.41 bits per heavy atom. The van der Waals surface area contributed by atoms with Crippen LogP contribution in [0, 0.1) is 0 Å². The minimum absolute atomic E-state index is 0.134. The Bertz CT molecular complexity index is 397. The van der Waals surface area contributed by atoms with E-state index in [0.717, 1.165) is 19.4 Å². The molecule has 1 aromatic heterocycles. The highest BCUT2D eigenvalue weighted by atomic mass is 16.5. The van der Waals surface area contributed by atoms with Crippen molar-refractivity contribution in [3.8, 4) is 0 Å². The van der Waals surface area contributed by atoms with Crippen molar-refractivity contribution in [1.82, 2.24) is 10.3 Å². The summed E-state index contributed by atoms with van der Waals surface area (Å²) in [5.41, 5.74) is 5.71. The van der Waals surface area contributed by atoms with Crippen molar-refractivity contribution < 1.29 is 9.53 Å². The number of nitrogens with two attached hydrogens (primary N) is 1. The number of nitrogens with zero attached hydrogens (tertiary/aromatic N) is 1. The van der Waals surface area contributed by atoms with Gasteiger partial charge in [0, 0.05) is 12.8 Å². The maximum absolute atomic E-state index is 12.0. The lowest BCUT2D eigenvalue weighted by atomic mass is 9.94. The Morgan fingerprint density at radius 1 is 1.59 bits per heavy atom. The summed E-state index contributed by atoms with van der Waals surface area (Å²) in [4.78, 5) is 15.9. The number of amides is 1. The summed E-state index contributed by atoms with van der Waals surface area (Å²) < 4.78 is 5.39. The highest BCUT2D eigenvalue weighted by Gasteiger charge is 2.29. The van der Waals surface area contributed by atoms with Crippen molar-refractivity contribution in [2.24, 2.45) is 0 Å². The molecular weight excluding hydrogens is 218 g/mol. The molecule has 1 aliphatic heterocycles. The fraction of sp³-hybridized carbons (Fsp3) is 0.500. The van der Waals surface area contributed by atoms with Gasteiger partial charge in [0.2, 0.25) is 0 Å². The Balaban J connectivity index is 2.03. The zero-order valence-corrected chi connectivity index (χ0v) is 9.90. The topological polar surface area (TPSA) is 77.2 Å². The molecule has 2 heterocycles. The predicted octanol–water partition coefficient (Wildman–Crippen LogP) is 0.963. The first-order valence-electron chi connectivity index (χ1n) is 5.71. The van der Waals surface area contributed by atoms with Crippen LogP contribution in [-0.2, 0) is 4.74 Å². The smallest absolute Gasteiger partial charge is 0.253 e. The van der Waals surface area contributed by atoms with E-state index in [2.05, 4.69) is 10.3 Å². The normalized spacial score (nSPS) is 24.3. The van der Waals surface area contributed by atoms with Crippen molar-refractivity contribution in [1.29, 1.82) is 0 Å². The maximum atomic E-state index is 12.0. The predicted molar refractivity (Wildman–Crippen MR) is 64.6 cm³/mol. The van der Waals surface area contributed by atoms with Gasteiger partial charge in [0.05, 0.1) is 17.7 Å². The van der Waals surface area contributed by atoms with Crippen molar-refractivity contribution in [3.63, 3.8) is 0 Å². The molecule has 1 saturated heterocycles. The summed E-state index contributed by atoms with van der Waals surface area (Å²) in [6, 6.07) is 3.29. The number of anilines is 1. The zero-order valence-electron chi connectivity index (χ0n) is 9.90. The molecule has 1 aliphatic rings. The molecule has 0 saturated carbocycles. The van der Waals surface area contributed by atoms with Crippen LogP contribution in [-0.4, -0.2) is 29.6 Å². The average Bonchev–Trinajstić information content (AvgIpc) is 2.30. The molecule has 92 valence electrons. The highest BCUT2D eigenvalue weighted by Crippen LogP contribution is 2.18. The number of carbonyl (C=O) groups excluding carboxylic acids is 1. The number of hydrogen-bond donors (Lipinski definition) is 2. The molecule has 0 spiro atoms. The van der Waals surface area contributed by atoms with Gasteiger partial charge in [-0.25, -0.2) is 4.98 Å². The number of rotatable bonds is 2. The minimum atomic E-state index is -0.281. The van der Waals surface area contributed by atoms with Crippen LogP contribution in [0.3, 0.4) is 0 Å². The second-order valence-corrected chi connectivity index (χ2v) is 4.64. The largest absolute Gasteiger partial charge is 0.384 e. The molecule has 0 aromatic carbocycles. The molecule has 1 fully saturated rings. The second kappa shape index (κ2) is 4.71. The quantitative estimate of drug-likeness (QED) is 0.800. The molecule has 5 heteroatoms. The molecule has 2 rings (SSSR count). The van der Waals surface area contributed by atoms with E-state index < -0.39 is 0 Å². The van der Waals surface area contributed by atoms with Crippen molar-refractivity contribution >= 4 is 11.7 Å². The molecular formula is C12H17N3O2. The van der Waals surface area contributed by atoms with Crippen LogP contribution in [0.4, 0.5) is 5.82 Å². The van der Waals surface area contributed by atoms with Crippen LogP contribution in [0.25, 0.3) is 0 Å². The van der Waals surface area contributed by atoms with Crippen LogP contribution in [0.1, 0.15) is 30.1 Å². The summed E-state index contributed by atoms with van der Waals surface area (Å²) in [6.45, 7) is 3.32. The second-order valence-electron chi connectivity index (χ2n) is 4.64. The first-order chi connectivity index (χ1) is 8.09. The minimum Gasteiger partial charge on any atom is -0.384 e.